The van der Waals surface area contributed by atoms with E-state index in [9.17, 15) is 18.7 Å². The molecule has 2 aliphatic heterocycles. The van der Waals surface area contributed by atoms with Gasteiger partial charge in [0.25, 0.3) is 5.91 Å². The summed E-state index contributed by atoms with van der Waals surface area (Å²) in [5.74, 6) is -1.37. The van der Waals surface area contributed by atoms with Gasteiger partial charge in [-0.15, -0.1) is 0 Å². The standard InChI is InChI=1S/C22H24F2N2O3/c1-25-6-4-22(28,5-7-25)17-2-3-20-16(10-17)14-26(8-9-29-20)21(27)15-11-18(23)13-19(24)12-15/h2-3,10-13,28H,4-9,14H2,1H3. The number of benzene rings is 2. The number of piperidine rings is 1. The van der Waals surface area contributed by atoms with Crippen LogP contribution < -0.4 is 4.74 Å². The van der Waals surface area contributed by atoms with E-state index < -0.39 is 23.1 Å². The number of halogens is 2. The van der Waals surface area contributed by atoms with Crippen LogP contribution >= 0.6 is 0 Å². The third-order valence-corrected chi connectivity index (χ3v) is 5.79. The van der Waals surface area contributed by atoms with Gasteiger partial charge < -0.3 is 19.6 Å². The zero-order valence-corrected chi connectivity index (χ0v) is 16.3. The molecule has 2 aliphatic rings. The highest BCUT2D eigenvalue weighted by atomic mass is 19.1. The first-order chi connectivity index (χ1) is 13.8. The molecule has 0 aliphatic carbocycles. The van der Waals surface area contributed by atoms with E-state index in [0.29, 0.717) is 25.1 Å². The van der Waals surface area contributed by atoms with Gasteiger partial charge in [-0.3, -0.25) is 4.79 Å². The minimum absolute atomic E-state index is 0.0314. The average Bonchev–Trinajstić information content (AvgIpc) is 2.91. The number of nitrogens with zero attached hydrogens (tertiary/aromatic N) is 2. The van der Waals surface area contributed by atoms with E-state index in [1.807, 2.05) is 25.2 Å². The second-order valence-corrected chi connectivity index (χ2v) is 7.89. The van der Waals surface area contributed by atoms with Gasteiger partial charge in [0.15, 0.2) is 0 Å². The zero-order valence-electron chi connectivity index (χ0n) is 16.3. The van der Waals surface area contributed by atoms with Crippen molar-refractivity contribution in [3.05, 3.63) is 64.7 Å². The predicted octanol–water partition coefficient (Wildman–Crippen LogP) is 2.91. The van der Waals surface area contributed by atoms with Gasteiger partial charge in [-0.2, -0.15) is 0 Å². The van der Waals surface area contributed by atoms with Crippen LogP contribution in [0.4, 0.5) is 8.78 Å². The third-order valence-electron chi connectivity index (χ3n) is 5.79. The number of amides is 1. The molecule has 0 unspecified atom stereocenters. The molecule has 0 atom stereocenters. The van der Waals surface area contributed by atoms with Gasteiger partial charge in [0.1, 0.15) is 24.0 Å². The van der Waals surface area contributed by atoms with Crippen LogP contribution in [-0.2, 0) is 12.1 Å². The third kappa shape index (κ3) is 4.11. The van der Waals surface area contributed by atoms with Crippen LogP contribution in [0.3, 0.4) is 0 Å². The van der Waals surface area contributed by atoms with Crippen LogP contribution in [0.1, 0.15) is 34.3 Å². The SMILES string of the molecule is CN1CCC(O)(c2ccc3c(c2)CN(C(=O)c2cc(F)cc(F)c2)CCO3)CC1. The Balaban J connectivity index is 1.60. The zero-order chi connectivity index (χ0) is 20.6. The summed E-state index contributed by atoms with van der Waals surface area (Å²) in [7, 11) is 2.03. The Morgan fingerprint density at radius 1 is 1.07 bits per heavy atom. The summed E-state index contributed by atoms with van der Waals surface area (Å²) in [6.07, 6.45) is 1.27. The topological polar surface area (TPSA) is 53.0 Å². The van der Waals surface area contributed by atoms with E-state index >= 15 is 0 Å². The molecule has 0 spiro atoms. The van der Waals surface area contributed by atoms with E-state index in [2.05, 4.69) is 4.90 Å². The Bertz CT molecular complexity index is 906. The highest BCUT2D eigenvalue weighted by Gasteiger charge is 2.34. The van der Waals surface area contributed by atoms with Crippen molar-refractivity contribution in [1.82, 2.24) is 9.80 Å². The molecule has 0 bridgehead atoms. The smallest absolute Gasteiger partial charge is 0.254 e. The molecule has 1 saturated heterocycles. The fraction of sp³-hybridized carbons (Fsp3) is 0.409. The highest BCUT2D eigenvalue weighted by molar-refractivity contribution is 5.94. The molecule has 2 heterocycles. The minimum Gasteiger partial charge on any atom is -0.491 e. The minimum atomic E-state index is -0.908. The number of ether oxygens (including phenoxy) is 1. The normalized spacial score (nSPS) is 19.2. The van der Waals surface area contributed by atoms with E-state index in [0.717, 1.165) is 42.4 Å². The Hall–Kier alpha value is -2.51. The van der Waals surface area contributed by atoms with Gasteiger partial charge in [-0.05, 0) is 49.7 Å². The molecular formula is C22H24F2N2O3. The van der Waals surface area contributed by atoms with Crippen molar-refractivity contribution in [3.8, 4) is 5.75 Å². The second kappa shape index (κ2) is 7.72. The maximum Gasteiger partial charge on any atom is 0.254 e. The summed E-state index contributed by atoms with van der Waals surface area (Å²) in [5, 5.41) is 11.1. The van der Waals surface area contributed by atoms with Gasteiger partial charge in [-0.1, -0.05) is 6.07 Å². The number of carbonyl (C=O) groups excluding carboxylic acids is 1. The monoisotopic (exact) mass is 402 g/mol. The first-order valence-electron chi connectivity index (χ1n) is 9.76. The van der Waals surface area contributed by atoms with Crippen LogP contribution in [-0.4, -0.2) is 54.1 Å². The summed E-state index contributed by atoms with van der Waals surface area (Å²) in [6.45, 7) is 2.44. The fourth-order valence-corrected chi connectivity index (χ4v) is 3.99. The molecule has 2 aromatic carbocycles. The predicted molar refractivity (Wildman–Crippen MR) is 104 cm³/mol. The number of aliphatic hydroxyl groups is 1. The Morgan fingerprint density at radius 3 is 2.45 bits per heavy atom. The average molecular weight is 402 g/mol. The molecule has 1 fully saturated rings. The fourth-order valence-electron chi connectivity index (χ4n) is 3.99. The molecular weight excluding hydrogens is 378 g/mol. The van der Waals surface area contributed by atoms with Crippen molar-refractivity contribution in [2.24, 2.45) is 0 Å². The largest absolute Gasteiger partial charge is 0.491 e. The molecule has 29 heavy (non-hydrogen) atoms. The lowest BCUT2D eigenvalue weighted by Crippen LogP contribution is -2.40. The van der Waals surface area contributed by atoms with Crippen LogP contribution in [0, 0.1) is 11.6 Å². The molecule has 1 N–H and O–H groups in total. The summed E-state index contributed by atoms with van der Waals surface area (Å²) in [5.41, 5.74) is 0.640. The van der Waals surface area contributed by atoms with Crippen molar-refractivity contribution >= 4 is 5.91 Å². The van der Waals surface area contributed by atoms with Crippen molar-refractivity contribution < 1.29 is 23.4 Å². The van der Waals surface area contributed by atoms with Crippen LogP contribution in [0.5, 0.6) is 5.75 Å². The van der Waals surface area contributed by atoms with Crippen molar-refractivity contribution in [2.75, 3.05) is 33.3 Å². The number of fused-ring (bicyclic) bond motifs is 1. The molecule has 0 radical (unpaired) electrons. The first kappa shape index (κ1) is 19.8. The van der Waals surface area contributed by atoms with Crippen LogP contribution in [0.15, 0.2) is 36.4 Å². The van der Waals surface area contributed by atoms with Crippen LogP contribution in [0.2, 0.25) is 0 Å². The lowest BCUT2D eigenvalue weighted by atomic mass is 9.84. The van der Waals surface area contributed by atoms with E-state index in [-0.39, 0.29) is 18.7 Å². The number of hydrogen-bond donors (Lipinski definition) is 1. The van der Waals surface area contributed by atoms with Crippen molar-refractivity contribution in [2.45, 2.75) is 25.0 Å². The van der Waals surface area contributed by atoms with Gasteiger partial charge in [0.05, 0.1) is 12.1 Å². The lowest BCUT2D eigenvalue weighted by Gasteiger charge is -2.37. The Labute approximate surface area is 168 Å². The summed E-state index contributed by atoms with van der Waals surface area (Å²) in [4.78, 5) is 16.5. The van der Waals surface area contributed by atoms with Gasteiger partial charge in [0, 0.05) is 36.8 Å². The number of rotatable bonds is 2. The Kier molecular flexibility index (Phi) is 5.27. The van der Waals surface area contributed by atoms with Gasteiger partial charge >= 0.3 is 0 Å². The molecule has 5 nitrogen and oxygen atoms in total. The van der Waals surface area contributed by atoms with Crippen LogP contribution in [0.25, 0.3) is 0 Å². The Morgan fingerprint density at radius 2 is 1.76 bits per heavy atom. The molecule has 7 heteroatoms. The van der Waals surface area contributed by atoms with Gasteiger partial charge in [-0.25, -0.2) is 8.78 Å². The molecule has 2 aromatic rings. The summed E-state index contributed by atoms with van der Waals surface area (Å²) >= 11 is 0. The number of likely N-dealkylation sites (tertiary alicyclic amines) is 1. The van der Waals surface area contributed by atoms with Crippen molar-refractivity contribution in [1.29, 1.82) is 0 Å². The first-order valence-corrected chi connectivity index (χ1v) is 9.76. The maximum atomic E-state index is 13.5. The second-order valence-electron chi connectivity index (χ2n) is 7.89. The maximum absolute atomic E-state index is 13.5. The highest BCUT2D eigenvalue weighted by Crippen LogP contribution is 2.36. The quantitative estimate of drug-likeness (QED) is 0.839. The number of hydrogen-bond acceptors (Lipinski definition) is 4. The van der Waals surface area contributed by atoms with Gasteiger partial charge in [0.2, 0.25) is 0 Å². The summed E-state index contributed by atoms with van der Waals surface area (Å²) in [6, 6.07) is 8.41. The molecule has 1 amide bonds. The molecule has 4 rings (SSSR count). The molecule has 0 aromatic heterocycles. The van der Waals surface area contributed by atoms with Crippen molar-refractivity contribution in [3.63, 3.8) is 0 Å². The van der Waals surface area contributed by atoms with E-state index in [4.69, 9.17) is 4.74 Å². The lowest BCUT2D eigenvalue weighted by molar-refractivity contribution is -0.0204. The summed E-state index contributed by atoms with van der Waals surface area (Å²) < 4.78 is 32.8. The number of carbonyl (C=O) groups is 1. The molecule has 154 valence electrons. The van der Waals surface area contributed by atoms with E-state index in [1.54, 1.807) is 0 Å². The van der Waals surface area contributed by atoms with E-state index in [1.165, 1.54) is 4.90 Å². The molecule has 0 saturated carbocycles.